The highest BCUT2D eigenvalue weighted by Gasteiger charge is 2.32. The minimum Gasteiger partial charge on any atom is -0.480 e. The van der Waals surface area contributed by atoms with Crippen molar-refractivity contribution in [2.24, 2.45) is 23.1 Å². The lowest BCUT2D eigenvalue weighted by Gasteiger charge is -2.27. The molecule has 0 fully saturated rings. The van der Waals surface area contributed by atoms with Crippen molar-refractivity contribution in [1.29, 1.82) is 0 Å². The summed E-state index contributed by atoms with van der Waals surface area (Å²) in [6.07, 6.45) is 2.56. The van der Waals surface area contributed by atoms with Crippen molar-refractivity contribution in [3.05, 3.63) is 36.0 Å². The first-order valence-corrected chi connectivity index (χ1v) is 14.5. The van der Waals surface area contributed by atoms with Gasteiger partial charge in [-0.3, -0.25) is 24.0 Å². The number of aromatic amines is 1. The Bertz CT molecular complexity index is 1330. The zero-order valence-electron chi connectivity index (χ0n) is 25.2. The van der Waals surface area contributed by atoms with Crippen LogP contribution in [0.4, 0.5) is 0 Å². The van der Waals surface area contributed by atoms with Crippen LogP contribution in [0.2, 0.25) is 0 Å². The van der Waals surface area contributed by atoms with E-state index in [4.69, 9.17) is 17.2 Å². The van der Waals surface area contributed by atoms with Gasteiger partial charge >= 0.3 is 5.97 Å². The third-order valence-corrected chi connectivity index (χ3v) is 7.05. The fourth-order valence-corrected chi connectivity index (χ4v) is 4.52. The SMILES string of the molecule is CC(C)[C@H](NC(=O)[C@H](Cc1c[nH]c2ccccc12)NC(=O)[C@H](C)NC(=O)[C@@H](N)CC(N)=O)C(=O)N[C@@H](CCCCN)C(=O)O. The number of rotatable bonds is 18. The van der Waals surface area contributed by atoms with Gasteiger partial charge in [-0.2, -0.15) is 0 Å². The van der Waals surface area contributed by atoms with E-state index in [9.17, 15) is 33.9 Å². The molecule has 2 rings (SSSR count). The summed E-state index contributed by atoms with van der Waals surface area (Å²) in [5, 5.41) is 20.6. The second-order valence-corrected chi connectivity index (χ2v) is 11.0. The van der Waals surface area contributed by atoms with Gasteiger partial charge < -0.3 is 48.6 Å². The molecule has 0 aliphatic carbocycles. The number of carbonyl (C=O) groups is 6. The smallest absolute Gasteiger partial charge is 0.326 e. The third kappa shape index (κ3) is 10.6. The molecule has 0 bridgehead atoms. The Morgan fingerprint density at radius 3 is 2.14 bits per heavy atom. The van der Waals surface area contributed by atoms with E-state index in [1.807, 2.05) is 24.3 Å². The number of benzene rings is 1. The Kier molecular flexibility index (Phi) is 13.8. The van der Waals surface area contributed by atoms with E-state index in [1.165, 1.54) is 6.92 Å². The second kappa shape index (κ2) is 17.0. The summed E-state index contributed by atoms with van der Waals surface area (Å²) in [7, 11) is 0. The maximum Gasteiger partial charge on any atom is 0.326 e. The number of aromatic nitrogens is 1. The molecule has 0 saturated carbocycles. The van der Waals surface area contributed by atoms with E-state index in [-0.39, 0.29) is 12.8 Å². The number of para-hydroxylation sites is 1. The summed E-state index contributed by atoms with van der Waals surface area (Å²) >= 11 is 0. The van der Waals surface area contributed by atoms with Gasteiger partial charge in [-0.25, -0.2) is 4.79 Å². The highest BCUT2D eigenvalue weighted by Crippen LogP contribution is 2.19. The first kappa shape index (κ1) is 35.7. The number of H-pyrrole nitrogens is 1. The molecule has 242 valence electrons. The number of fused-ring (bicyclic) bond motifs is 1. The van der Waals surface area contributed by atoms with Crippen LogP contribution in [0.15, 0.2) is 30.5 Å². The van der Waals surface area contributed by atoms with E-state index >= 15 is 0 Å². The number of primary amides is 1. The molecule has 15 nitrogen and oxygen atoms in total. The van der Waals surface area contributed by atoms with E-state index in [2.05, 4.69) is 26.3 Å². The van der Waals surface area contributed by atoms with Crippen LogP contribution in [0.1, 0.15) is 52.0 Å². The fourth-order valence-electron chi connectivity index (χ4n) is 4.52. The predicted molar refractivity (Wildman–Crippen MR) is 163 cm³/mol. The van der Waals surface area contributed by atoms with E-state index in [0.29, 0.717) is 24.9 Å². The molecule has 1 aromatic heterocycles. The van der Waals surface area contributed by atoms with Gasteiger partial charge in [0.2, 0.25) is 29.5 Å². The Labute approximate surface area is 255 Å². The van der Waals surface area contributed by atoms with Crippen molar-refractivity contribution < 1.29 is 33.9 Å². The van der Waals surface area contributed by atoms with Crippen LogP contribution in [0.3, 0.4) is 0 Å². The van der Waals surface area contributed by atoms with E-state index in [0.717, 1.165) is 10.9 Å². The molecule has 15 heteroatoms. The molecule has 44 heavy (non-hydrogen) atoms. The molecular weight excluding hydrogens is 572 g/mol. The number of amides is 5. The average molecular weight is 617 g/mol. The molecule has 5 amide bonds. The van der Waals surface area contributed by atoms with E-state index < -0.39 is 78.1 Å². The fraction of sp³-hybridized carbons (Fsp3) is 0.517. The van der Waals surface area contributed by atoms with Crippen LogP contribution < -0.4 is 38.5 Å². The molecule has 0 saturated heterocycles. The minimum absolute atomic E-state index is 0.0206. The average Bonchev–Trinajstić information content (AvgIpc) is 3.36. The molecule has 12 N–H and O–H groups in total. The number of nitrogens with one attached hydrogen (secondary N) is 5. The predicted octanol–water partition coefficient (Wildman–Crippen LogP) is -1.26. The van der Waals surface area contributed by atoms with Crippen LogP contribution in [-0.4, -0.2) is 82.3 Å². The minimum atomic E-state index is -1.26. The van der Waals surface area contributed by atoms with Gasteiger partial charge in [0.1, 0.15) is 24.2 Å². The maximum absolute atomic E-state index is 13.7. The summed E-state index contributed by atoms with van der Waals surface area (Å²) in [6, 6.07) is 1.48. The molecule has 1 heterocycles. The number of carbonyl (C=O) groups excluding carboxylic acids is 5. The van der Waals surface area contributed by atoms with Crippen molar-refractivity contribution in [2.45, 2.75) is 83.1 Å². The highest BCUT2D eigenvalue weighted by atomic mass is 16.4. The number of unbranched alkanes of at least 4 members (excludes halogenated alkanes) is 1. The lowest BCUT2D eigenvalue weighted by Crippen LogP contribution is -2.59. The zero-order valence-corrected chi connectivity index (χ0v) is 25.2. The molecule has 0 aliphatic heterocycles. The second-order valence-electron chi connectivity index (χ2n) is 11.0. The van der Waals surface area contributed by atoms with Gasteiger partial charge in [0.15, 0.2) is 0 Å². The van der Waals surface area contributed by atoms with Gasteiger partial charge in [-0.05, 0) is 50.3 Å². The molecule has 0 unspecified atom stereocenters. The Balaban J connectivity index is 2.26. The molecule has 2 aromatic rings. The molecular formula is C29H44N8O7. The number of carboxylic acids is 1. The number of carboxylic acid groups (broad SMARTS) is 1. The van der Waals surface area contributed by atoms with Crippen molar-refractivity contribution in [3.8, 4) is 0 Å². The van der Waals surface area contributed by atoms with Gasteiger partial charge in [0.25, 0.3) is 0 Å². The summed E-state index contributed by atoms with van der Waals surface area (Å²) in [4.78, 5) is 78.3. The standard InChI is InChI=1S/C29H44N8O7/c1-15(2)24(28(42)35-21(29(43)44)10-6-7-11-30)37-27(41)22(12-17-14-33-20-9-5-4-8-18(17)20)36-25(39)16(3)34-26(40)19(31)13-23(32)38/h4-5,8-9,14-16,19,21-22,24,33H,6-7,10-13,30-31H2,1-3H3,(H2,32,38)(H,34,40)(H,35,42)(H,36,39)(H,37,41)(H,43,44)/t16-,19-,21-,22-,24-/m0/s1. The van der Waals surface area contributed by atoms with Crippen molar-refractivity contribution in [3.63, 3.8) is 0 Å². The molecule has 0 spiro atoms. The number of hydrogen-bond donors (Lipinski definition) is 9. The molecule has 0 aliphatic rings. The Hall–Kier alpha value is -4.50. The van der Waals surface area contributed by atoms with Crippen LogP contribution in [0.25, 0.3) is 10.9 Å². The lowest BCUT2D eigenvalue weighted by atomic mass is 9.99. The Morgan fingerprint density at radius 1 is 0.864 bits per heavy atom. The quantitative estimate of drug-likeness (QED) is 0.0904. The van der Waals surface area contributed by atoms with Crippen LogP contribution in [0, 0.1) is 5.92 Å². The molecule has 0 radical (unpaired) electrons. The van der Waals surface area contributed by atoms with Gasteiger partial charge in [0.05, 0.1) is 12.5 Å². The topological polar surface area (TPSA) is 265 Å². The summed E-state index contributed by atoms with van der Waals surface area (Å²) in [5.41, 5.74) is 17.8. The first-order chi connectivity index (χ1) is 20.7. The van der Waals surface area contributed by atoms with Crippen molar-refractivity contribution in [1.82, 2.24) is 26.3 Å². The van der Waals surface area contributed by atoms with Crippen LogP contribution >= 0.6 is 0 Å². The van der Waals surface area contributed by atoms with Gasteiger partial charge in [-0.15, -0.1) is 0 Å². The first-order valence-electron chi connectivity index (χ1n) is 14.5. The van der Waals surface area contributed by atoms with Gasteiger partial charge in [-0.1, -0.05) is 32.0 Å². The van der Waals surface area contributed by atoms with Crippen molar-refractivity contribution in [2.75, 3.05) is 6.54 Å². The van der Waals surface area contributed by atoms with Gasteiger partial charge in [0, 0.05) is 23.5 Å². The third-order valence-electron chi connectivity index (χ3n) is 7.05. The molecule has 1 aromatic carbocycles. The summed E-state index contributed by atoms with van der Waals surface area (Å²) in [6.45, 7) is 5.15. The Morgan fingerprint density at radius 2 is 1.52 bits per heavy atom. The van der Waals surface area contributed by atoms with E-state index in [1.54, 1.807) is 20.0 Å². The lowest BCUT2D eigenvalue weighted by molar-refractivity contribution is -0.142. The maximum atomic E-state index is 13.7. The monoisotopic (exact) mass is 616 g/mol. The number of nitrogens with two attached hydrogens (primary N) is 3. The normalized spacial score (nSPS) is 14.6. The van der Waals surface area contributed by atoms with Crippen LogP contribution in [0.5, 0.6) is 0 Å². The number of hydrogen-bond acceptors (Lipinski definition) is 8. The highest BCUT2D eigenvalue weighted by molar-refractivity contribution is 5.96. The van der Waals surface area contributed by atoms with Crippen molar-refractivity contribution >= 4 is 46.4 Å². The largest absolute Gasteiger partial charge is 0.480 e. The molecule has 5 atom stereocenters. The summed E-state index contributed by atoms with van der Waals surface area (Å²) < 4.78 is 0. The van der Waals surface area contributed by atoms with Crippen LogP contribution in [-0.2, 0) is 35.2 Å². The number of aliphatic carboxylic acids is 1. The zero-order chi connectivity index (χ0) is 33.0. The summed E-state index contributed by atoms with van der Waals surface area (Å²) in [5.74, 6) is -5.31.